The summed E-state index contributed by atoms with van der Waals surface area (Å²) >= 11 is 1.38. The highest BCUT2D eigenvalue weighted by molar-refractivity contribution is 7.05. The van der Waals surface area contributed by atoms with Gasteiger partial charge in [-0.3, -0.25) is 0 Å². The molecule has 1 heterocycles. The van der Waals surface area contributed by atoms with E-state index in [0.717, 1.165) is 23.4 Å². The summed E-state index contributed by atoms with van der Waals surface area (Å²) in [6.45, 7) is 4.22. The molecule has 0 aliphatic heterocycles. The summed E-state index contributed by atoms with van der Waals surface area (Å²) in [6, 6.07) is 0. The molecule has 1 fully saturated rings. The van der Waals surface area contributed by atoms with Crippen molar-refractivity contribution in [1.29, 1.82) is 0 Å². The first kappa shape index (κ1) is 13.0. The normalized spacial score (nSPS) is 20.5. The molecule has 0 aromatic carbocycles. The zero-order valence-electron chi connectivity index (χ0n) is 10.7. The number of aliphatic hydroxyl groups excluding tert-OH is 1. The SMILES string of the molecule is CC(C)c1nnsc1C(O)C1CCCCCC1. The van der Waals surface area contributed by atoms with Crippen LogP contribution in [-0.4, -0.2) is 14.7 Å². The van der Waals surface area contributed by atoms with E-state index < -0.39 is 0 Å². The Hall–Kier alpha value is -0.480. The van der Waals surface area contributed by atoms with Gasteiger partial charge in [-0.2, -0.15) is 0 Å². The molecule has 1 aromatic rings. The maximum Gasteiger partial charge on any atom is 0.0945 e. The smallest absolute Gasteiger partial charge is 0.0945 e. The number of rotatable bonds is 3. The Labute approximate surface area is 107 Å². The molecule has 2 rings (SSSR count). The summed E-state index contributed by atoms with van der Waals surface area (Å²) in [6.07, 6.45) is 7.11. The first-order valence-electron chi connectivity index (χ1n) is 6.70. The van der Waals surface area contributed by atoms with E-state index in [9.17, 15) is 5.11 Å². The lowest BCUT2D eigenvalue weighted by Gasteiger charge is -2.21. The maximum atomic E-state index is 10.5. The van der Waals surface area contributed by atoms with Crippen molar-refractivity contribution >= 4 is 11.5 Å². The Bertz CT molecular complexity index is 343. The van der Waals surface area contributed by atoms with Crippen LogP contribution in [0.3, 0.4) is 0 Å². The van der Waals surface area contributed by atoms with Crippen molar-refractivity contribution in [2.45, 2.75) is 64.4 Å². The lowest BCUT2D eigenvalue weighted by atomic mass is 9.91. The molecule has 1 saturated carbocycles. The van der Waals surface area contributed by atoms with Crippen LogP contribution in [0.25, 0.3) is 0 Å². The van der Waals surface area contributed by atoms with Crippen LogP contribution in [0, 0.1) is 5.92 Å². The number of hydrogen-bond donors (Lipinski definition) is 1. The van der Waals surface area contributed by atoms with E-state index in [0.29, 0.717) is 11.8 Å². The number of aliphatic hydroxyl groups is 1. The fraction of sp³-hybridized carbons (Fsp3) is 0.846. The average molecular weight is 254 g/mol. The molecular weight excluding hydrogens is 232 g/mol. The standard InChI is InChI=1S/C13H22N2OS/c1-9(2)11-13(17-15-14-11)12(16)10-7-5-3-4-6-8-10/h9-10,12,16H,3-8H2,1-2H3. The van der Waals surface area contributed by atoms with Crippen molar-refractivity contribution in [3.05, 3.63) is 10.6 Å². The number of aromatic nitrogens is 2. The van der Waals surface area contributed by atoms with Crippen molar-refractivity contribution in [2.24, 2.45) is 5.92 Å². The van der Waals surface area contributed by atoms with Gasteiger partial charge in [-0.15, -0.1) is 5.10 Å². The van der Waals surface area contributed by atoms with Crippen LogP contribution in [0.5, 0.6) is 0 Å². The zero-order valence-corrected chi connectivity index (χ0v) is 11.5. The van der Waals surface area contributed by atoms with Crippen LogP contribution in [0.15, 0.2) is 0 Å². The number of hydrogen-bond acceptors (Lipinski definition) is 4. The van der Waals surface area contributed by atoms with Crippen LogP contribution in [0.1, 0.15) is 75.0 Å². The summed E-state index contributed by atoms with van der Waals surface area (Å²) in [7, 11) is 0. The van der Waals surface area contributed by atoms with Crippen LogP contribution in [-0.2, 0) is 0 Å². The van der Waals surface area contributed by atoms with Crippen molar-refractivity contribution in [3.8, 4) is 0 Å². The molecule has 1 N–H and O–H groups in total. The Balaban J connectivity index is 2.11. The Kier molecular flexibility index (Phi) is 4.51. The van der Waals surface area contributed by atoms with E-state index in [-0.39, 0.29) is 6.10 Å². The molecule has 96 valence electrons. The highest BCUT2D eigenvalue weighted by atomic mass is 32.1. The topological polar surface area (TPSA) is 46.0 Å². The van der Waals surface area contributed by atoms with Gasteiger partial charge in [0.05, 0.1) is 16.7 Å². The molecule has 0 saturated heterocycles. The lowest BCUT2D eigenvalue weighted by Crippen LogP contribution is -2.13. The lowest BCUT2D eigenvalue weighted by molar-refractivity contribution is 0.101. The van der Waals surface area contributed by atoms with Crippen LogP contribution >= 0.6 is 11.5 Å². The van der Waals surface area contributed by atoms with Gasteiger partial charge in [-0.25, -0.2) is 0 Å². The predicted molar refractivity (Wildman–Crippen MR) is 70.1 cm³/mol. The molecule has 1 atom stereocenters. The van der Waals surface area contributed by atoms with Crippen molar-refractivity contribution in [3.63, 3.8) is 0 Å². The third-order valence-corrected chi connectivity index (χ3v) is 4.51. The van der Waals surface area contributed by atoms with E-state index in [1.54, 1.807) is 0 Å². The molecule has 1 aliphatic carbocycles. The summed E-state index contributed by atoms with van der Waals surface area (Å²) in [5.41, 5.74) is 0.992. The monoisotopic (exact) mass is 254 g/mol. The van der Waals surface area contributed by atoms with E-state index in [4.69, 9.17) is 0 Å². The van der Waals surface area contributed by atoms with Crippen LogP contribution in [0.2, 0.25) is 0 Å². The molecule has 3 nitrogen and oxygen atoms in total. The second-order valence-electron chi connectivity index (χ2n) is 5.37. The molecule has 0 amide bonds. The van der Waals surface area contributed by atoms with Gasteiger partial charge in [0.15, 0.2) is 0 Å². The van der Waals surface area contributed by atoms with Gasteiger partial charge in [0.25, 0.3) is 0 Å². The summed E-state index contributed by atoms with van der Waals surface area (Å²) in [4.78, 5) is 1.01. The highest BCUT2D eigenvalue weighted by Gasteiger charge is 2.27. The molecule has 1 aromatic heterocycles. The van der Waals surface area contributed by atoms with Gasteiger partial charge < -0.3 is 5.11 Å². The molecule has 1 aliphatic rings. The molecular formula is C13H22N2OS. The largest absolute Gasteiger partial charge is 0.387 e. The first-order valence-corrected chi connectivity index (χ1v) is 7.47. The van der Waals surface area contributed by atoms with Gasteiger partial charge in [-0.05, 0) is 36.2 Å². The van der Waals surface area contributed by atoms with Crippen molar-refractivity contribution in [2.75, 3.05) is 0 Å². The Morgan fingerprint density at radius 3 is 2.41 bits per heavy atom. The second kappa shape index (κ2) is 5.91. The van der Waals surface area contributed by atoms with E-state index in [1.807, 2.05) is 0 Å². The summed E-state index contributed by atoms with van der Waals surface area (Å²) < 4.78 is 4.01. The molecule has 0 bridgehead atoms. The quantitative estimate of drug-likeness (QED) is 0.837. The molecule has 1 unspecified atom stereocenters. The van der Waals surface area contributed by atoms with Gasteiger partial charge in [0.2, 0.25) is 0 Å². The zero-order chi connectivity index (χ0) is 12.3. The van der Waals surface area contributed by atoms with Gasteiger partial charge in [0, 0.05) is 0 Å². The van der Waals surface area contributed by atoms with Gasteiger partial charge >= 0.3 is 0 Å². The van der Waals surface area contributed by atoms with Gasteiger partial charge in [0.1, 0.15) is 0 Å². The first-order chi connectivity index (χ1) is 8.20. The van der Waals surface area contributed by atoms with Crippen LogP contribution < -0.4 is 0 Å². The number of nitrogens with zero attached hydrogens (tertiary/aromatic N) is 2. The van der Waals surface area contributed by atoms with Crippen molar-refractivity contribution in [1.82, 2.24) is 9.59 Å². The molecule has 17 heavy (non-hydrogen) atoms. The van der Waals surface area contributed by atoms with E-state index in [2.05, 4.69) is 23.4 Å². The fourth-order valence-electron chi connectivity index (χ4n) is 2.65. The minimum Gasteiger partial charge on any atom is -0.387 e. The Morgan fingerprint density at radius 2 is 1.82 bits per heavy atom. The Morgan fingerprint density at radius 1 is 1.18 bits per heavy atom. The summed E-state index contributed by atoms with van der Waals surface area (Å²) in [5.74, 6) is 0.765. The average Bonchev–Trinajstić information content (AvgIpc) is 2.64. The molecule has 0 spiro atoms. The van der Waals surface area contributed by atoms with Crippen LogP contribution in [0.4, 0.5) is 0 Å². The minimum absolute atomic E-state index is 0.342. The predicted octanol–water partition coefficient (Wildman–Crippen LogP) is 3.67. The second-order valence-corrected chi connectivity index (χ2v) is 6.16. The maximum absolute atomic E-state index is 10.5. The molecule has 4 heteroatoms. The van der Waals surface area contributed by atoms with Gasteiger partial charge in [-0.1, -0.05) is 44.0 Å². The molecule has 0 radical (unpaired) electrons. The highest BCUT2D eigenvalue weighted by Crippen LogP contribution is 2.37. The third kappa shape index (κ3) is 3.05. The summed E-state index contributed by atoms with van der Waals surface area (Å²) in [5, 5.41) is 14.7. The minimum atomic E-state index is -0.342. The van der Waals surface area contributed by atoms with Crippen molar-refractivity contribution < 1.29 is 5.11 Å². The van der Waals surface area contributed by atoms with E-state index in [1.165, 1.54) is 37.2 Å². The fourth-order valence-corrected chi connectivity index (χ4v) is 3.54. The third-order valence-electron chi connectivity index (χ3n) is 3.70. The van der Waals surface area contributed by atoms with E-state index >= 15 is 0 Å².